The van der Waals surface area contributed by atoms with Crippen molar-refractivity contribution in [1.29, 1.82) is 0 Å². The van der Waals surface area contributed by atoms with Gasteiger partial charge in [-0.1, -0.05) is 39.8 Å². The molecule has 1 amide bonds. The molecule has 1 fully saturated rings. The molecule has 0 bridgehead atoms. The fourth-order valence-corrected chi connectivity index (χ4v) is 4.01. The molecule has 0 atom stereocenters. The molecule has 1 aromatic heterocycles. The molecule has 2 heterocycles. The SMILES string of the molecule is Cc1ccc(C)n1N1C(=O)/C(=C\c2cccc(Br)c2)SC1=S. The third-order valence-corrected chi connectivity index (χ3v) is 5.13. The zero-order valence-corrected chi connectivity index (χ0v) is 15.3. The van der Waals surface area contributed by atoms with Crippen molar-refractivity contribution in [3.8, 4) is 0 Å². The summed E-state index contributed by atoms with van der Waals surface area (Å²) < 4.78 is 3.39. The topological polar surface area (TPSA) is 25.2 Å². The highest BCUT2D eigenvalue weighted by molar-refractivity contribution is 9.10. The maximum Gasteiger partial charge on any atom is 0.285 e. The highest BCUT2D eigenvalue weighted by Gasteiger charge is 2.34. The van der Waals surface area contributed by atoms with Gasteiger partial charge >= 0.3 is 0 Å². The van der Waals surface area contributed by atoms with Crippen molar-refractivity contribution in [3.05, 3.63) is 62.7 Å². The number of hydrogen-bond donors (Lipinski definition) is 0. The molecule has 112 valence electrons. The summed E-state index contributed by atoms with van der Waals surface area (Å²) in [6.07, 6.45) is 1.87. The van der Waals surface area contributed by atoms with Gasteiger partial charge in [0.1, 0.15) is 0 Å². The van der Waals surface area contributed by atoms with Crippen molar-refractivity contribution in [3.63, 3.8) is 0 Å². The van der Waals surface area contributed by atoms with E-state index < -0.39 is 0 Å². The van der Waals surface area contributed by atoms with Crippen molar-refractivity contribution >= 4 is 56.2 Å². The number of amides is 1. The summed E-state index contributed by atoms with van der Waals surface area (Å²) >= 11 is 10.2. The van der Waals surface area contributed by atoms with Crippen LogP contribution in [0, 0.1) is 13.8 Å². The van der Waals surface area contributed by atoms with Crippen LogP contribution in [0.15, 0.2) is 45.8 Å². The minimum absolute atomic E-state index is 0.0858. The number of rotatable bonds is 2. The standard InChI is InChI=1S/C16H13BrN2OS2/c1-10-6-7-11(2)18(10)19-15(20)14(22-16(19)21)9-12-4-3-5-13(17)8-12/h3-9H,1-2H3/b14-9+. The molecule has 2 aromatic rings. The first-order valence-corrected chi connectivity index (χ1v) is 8.68. The quantitative estimate of drug-likeness (QED) is 0.559. The highest BCUT2D eigenvalue weighted by atomic mass is 79.9. The second-order valence-corrected chi connectivity index (χ2v) is 7.57. The first kappa shape index (κ1) is 15.5. The number of thiocarbonyl (C=S) groups is 1. The molecular formula is C16H13BrN2OS2. The summed E-state index contributed by atoms with van der Waals surface area (Å²) in [5.74, 6) is -0.0858. The lowest BCUT2D eigenvalue weighted by atomic mass is 10.2. The van der Waals surface area contributed by atoms with Crippen LogP contribution in [-0.4, -0.2) is 14.9 Å². The van der Waals surface area contributed by atoms with E-state index in [4.69, 9.17) is 12.2 Å². The molecule has 1 saturated heterocycles. The van der Waals surface area contributed by atoms with Crippen LogP contribution in [0.25, 0.3) is 6.08 Å². The first-order valence-electron chi connectivity index (χ1n) is 6.66. The van der Waals surface area contributed by atoms with Gasteiger partial charge in [-0.05, 0) is 62.0 Å². The normalized spacial score (nSPS) is 16.9. The molecule has 1 aromatic carbocycles. The lowest BCUT2D eigenvalue weighted by Crippen LogP contribution is -2.39. The van der Waals surface area contributed by atoms with Crippen LogP contribution in [0.1, 0.15) is 17.0 Å². The summed E-state index contributed by atoms with van der Waals surface area (Å²) in [7, 11) is 0. The number of thioether (sulfide) groups is 1. The van der Waals surface area contributed by atoms with Crippen molar-refractivity contribution < 1.29 is 4.79 Å². The zero-order chi connectivity index (χ0) is 15.9. The summed E-state index contributed by atoms with van der Waals surface area (Å²) in [6, 6.07) is 11.8. The number of hydrogen-bond acceptors (Lipinski definition) is 3. The Morgan fingerprint density at radius 2 is 1.86 bits per heavy atom. The van der Waals surface area contributed by atoms with Gasteiger partial charge < -0.3 is 0 Å². The van der Waals surface area contributed by atoms with Crippen molar-refractivity contribution in [1.82, 2.24) is 4.68 Å². The minimum Gasteiger partial charge on any atom is -0.266 e. The van der Waals surface area contributed by atoms with E-state index in [2.05, 4.69) is 15.9 Å². The number of aryl methyl sites for hydroxylation is 2. The van der Waals surface area contributed by atoms with Gasteiger partial charge in [-0.3, -0.25) is 9.47 Å². The fraction of sp³-hybridized carbons (Fsp3) is 0.125. The first-order chi connectivity index (χ1) is 10.5. The number of aromatic nitrogens is 1. The van der Waals surface area contributed by atoms with Crippen LogP contribution in [-0.2, 0) is 4.79 Å². The average Bonchev–Trinajstić information content (AvgIpc) is 2.91. The molecule has 0 saturated carbocycles. The zero-order valence-electron chi connectivity index (χ0n) is 12.0. The molecule has 0 aliphatic carbocycles. The third kappa shape index (κ3) is 2.78. The number of carbonyl (C=O) groups is 1. The van der Waals surface area contributed by atoms with Crippen molar-refractivity contribution in [2.24, 2.45) is 0 Å². The summed E-state index contributed by atoms with van der Waals surface area (Å²) in [5.41, 5.74) is 2.94. The summed E-state index contributed by atoms with van der Waals surface area (Å²) in [6.45, 7) is 3.92. The second kappa shape index (κ2) is 6.02. The predicted molar refractivity (Wildman–Crippen MR) is 99.4 cm³/mol. The van der Waals surface area contributed by atoms with Crippen LogP contribution >= 0.6 is 39.9 Å². The average molecular weight is 393 g/mol. The van der Waals surface area contributed by atoms with Gasteiger partial charge in [0.2, 0.25) is 0 Å². The number of benzene rings is 1. The van der Waals surface area contributed by atoms with Crippen molar-refractivity contribution in [2.75, 3.05) is 5.01 Å². The fourth-order valence-electron chi connectivity index (χ4n) is 2.36. The number of halogens is 1. The summed E-state index contributed by atoms with van der Waals surface area (Å²) in [5, 5.41) is 1.56. The Balaban J connectivity index is 1.99. The highest BCUT2D eigenvalue weighted by Crippen LogP contribution is 2.33. The van der Waals surface area contributed by atoms with Gasteiger partial charge in [0.05, 0.1) is 4.91 Å². The number of nitrogens with zero attached hydrogens (tertiary/aromatic N) is 2. The van der Waals surface area contributed by atoms with Crippen LogP contribution < -0.4 is 5.01 Å². The second-order valence-electron chi connectivity index (χ2n) is 4.98. The Labute approximate surface area is 147 Å². The van der Waals surface area contributed by atoms with Crippen molar-refractivity contribution in [2.45, 2.75) is 13.8 Å². The molecule has 0 spiro atoms. The molecule has 3 nitrogen and oxygen atoms in total. The maximum atomic E-state index is 12.7. The van der Waals surface area contributed by atoms with Crippen LogP contribution in [0.3, 0.4) is 0 Å². The van der Waals surface area contributed by atoms with E-state index in [9.17, 15) is 4.79 Å². The Bertz CT molecular complexity index is 791. The predicted octanol–water partition coefficient (Wildman–Crippen LogP) is 4.40. The Kier molecular flexibility index (Phi) is 4.25. The largest absolute Gasteiger partial charge is 0.285 e. The molecule has 1 aliphatic heterocycles. The van der Waals surface area contributed by atoms with E-state index >= 15 is 0 Å². The van der Waals surface area contributed by atoms with Crippen LogP contribution in [0.2, 0.25) is 0 Å². The van der Waals surface area contributed by atoms with E-state index in [1.807, 2.05) is 61.0 Å². The van der Waals surface area contributed by atoms with Crippen LogP contribution in [0.4, 0.5) is 0 Å². The van der Waals surface area contributed by atoms with E-state index in [1.54, 1.807) is 5.01 Å². The summed E-state index contributed by atoms with van der Waals surface area (Å²) in [4.78, 5) is 13.4. The van der Waals surface area contributed by atoms with Gasteiger partial charge in [0.15, 0.2) is 4.32 Å². The third-order valence-electron chi connectivity index (χ3n) is 3.35. The van der Waals surface area contributed by atoms with E-state index in [1.165, 1.54) is 11.8 Å². The molecule has 6 heteroatoms. The molecular weight excluding hydrogens is 380 g/mol. The lowest BCUT2D eigenvalue weighted by Gasteiger charge is -2.20. The van der Waals surface area contributed by atoms with Gasteiger partial charge in [0, 0.05) is 15.9 Å². The van der Waals surface area contributed by atoms with E-state index in [0.717, 1.165) is 21.4 Å². The molecule has 0 radical (unpaired) electrons. The van der Waals surface area contributed by atoms with E-state index in [-0.39, 0.29) is 5.91 Å². The molecule has 0 unspecified atom stereocenters. The molecule has 22 heavy (non-hydrogen) atoms. The molecule has 1 aliphatic rings. The van der Waals surface area contributed by atoms with Gasteiger partial charge in [0.25, 0.3) is 5.91 Å². The Morgan fingerprint density at radius 3 is 2.50 bits per heavy atom. The van der Waals surface area contributed by atoms with Gasteiger partial charge in [-0.15, -0.1) is 0 Å². The smallest absolute Gasteiger partial charge is 0.266 e. The van der Waals surface area contributed by atoms with Crippen LogP contribution in [0.5, 0.6) is 0 Å². The Morgan fingerprint density at radius 1 is 1.18 bits per heavy atom. The van der Waals surface area contributed by atoms with Gasteiger partial charge in [-0.2, -0.15) is 5.01 Å². The molecule has 0 N–H and O–H groups in total. The lowest BCUT2D eigenvalue weighted by molar-refractivity contribution is -0.114. The van der Waals surface area contributed by atoms with Gasteiger partial charge in [-0.25, -0.2) is 0 Å². The number of carbonyl (C=O) groups excluding carboxylic acids is 1. The monoisotopic (exact) mass is 392 g/mol. The minimum atomic E-state index is -0.0858. The maximum absolute atomic E-state index is 12.7. The molecule has 3 rings (SSSR count). The van der Waals surface area contributed by atoms with E-state index in [0.29, 0.717) is 9.23 Å². The Hall–Kier alpha value is -1.37.